The molecule has 2 bridgehead atoms. The van der Waals surface area contributed by atoms with E-state index in [0.29, 0.717) is 30.2 Å². The molecule has 0 radical (unpaired) electrons. The van der Waals surface area contributed by atoms with Gasteiger partial charge in [-0.1, -0.05) is 508 Å². The zero-order chi connectivity index (χ0) is 101. The zero-order valence-corrected chi connectivity index (χ0v) is 93.0. The standard InChI is InChI=1S/C39H32O2P2.C38H46OP2.C33H34OP2.C26H25P/c1-5-16-30(17-6-1)42(31-18-7-2-8-19-31)36-26-13-24-34-38(36)39-35(41-29-15-28-40-34)25-14-27-37(39)43(32-20-9-3-10-21-32)33-22-11-4-12-23-33;1-28-7-15-33(16-8-28)40(34-17-9-29(2)10-18-34)25-32-23-24-37(5,26-39)38(32,6)27-41(35-19-11-30(3)12-20-35)36-21-13-31(4)14-22-36;1-32(25-35(27-14-6-2-7-15-27)28-16-8-3-9-17-28)26-22-23-33(32,31(34)24-26)36(29-18-10-4-11-19-29)30-20-12-5-13-21-30;1-26(2,3)27-16-20-14-12-18-8-4-6-10-22(18)24(20)25-21(17-27)15-13-19-9-5-7-11-23(19)25/h1-14,16-27H,15,28-29H2;7-22,32,39H,23-27H2,1-6H3;2-21,26,31,34H,22-25H2,1H3;4-15H,16-17H2,1-3H3. The molecule has 740 valence electrons. The number of aliphatic hydroxyl groups is 2. The van der Waals surface area contributed by atoms with Crippen LogP contribution in [0.2, 0.25) is 0 Å². The molecule has 2 heterocycles. The molecule has 3 saturated carbocycles. The number of ether oxygens (including phenoxy) is 2. The van der Waals surface area contributed by atoms with Crippen LogP contribution in [-0.4, -0.2) is 64.9 Å². The van der Waals surface area contributed by atoms with Crippen LogP contribution in [-0.2, 0) is 12.3 Å². The Hall–Kier alpha value is -11.0. The molecule has 0 aromatic heterocycles. The highest BCUT2D eigenvalue weighted by molar-refractivity contribution is 7.81. The van der Waals surface area contributed by atoms with E-state index in [9.17, 15) is 10.2 Å². The van der Waals surface area contributed by atoms with Gasteiger partial charge in [-0.05, 0) is 302 Å². The minimum absolute atomic E-state index is 0.0131. The van der Waals surface area contributed by atoms with E-state index >= 15 is 0 Å². The molecule has 3 aliphatic carbocycles. The average Bonchev–Trinajstić information content (AvgIpc) is 1.52. The van der Waals surface area contributed by atoms with Crippen molar-refractivity contribution in [3.63, 3.8) is 0 Å². The van der Waals surface area contributed by atoms with Crippen molar-refractivity contribution < 1.29 is 19.7 Å². The highest BCUT2D eigenvalue weighted by Gasteiger charge is 2.69. The second kappa shape index (κ2) is 46.2. The molecular weight excluding hydrogens is 1910 g/mol. The van der Waals surface area contributed by atoms with Crippen LogP contribution in [0.25, 0.3) is 43.8 Å². The molecule has 147 heavy (non-hydrogen) atoms. The van der Waals surface area contributed by atoms with Crippen LogP contribution in [0.5, 0.6) is 11.5 Å². The first-order chi connectivity index (χ1) is 71.7. The van der Waals surface area contributed by atoms with Gasteiger partial charge in [0.05, 0.1) is 19.3 Å². The summed E-state index contributed by atoms with van der Waals surface area (Å²) in [5, 5.41) is 47.9. The van der Waals surface area contributed by atoms with Crippen molar-refractivity contribution in [2.24, 2.45) is 28.1 Å². The Bertz CT molecular complexity index is 6960. The third kappa shape index (κ3) is 21.9. The molecular formula is C136H137O4P7. The van der Waals surface area contributed by atoms with Crippen molar-refractivity contribution in [1.82, 2.24) is 0 Å². The van der Waals surface area contributed by atoms with E-state index < -0.39 is 47.5 Å². The van der Waals surface area contributed by atoms with Gasteiger partial charge in [-0.3, -0.25) is 0 Å². The van der Waals surface area contributed by atoms with Crippen LogP contribution in [0.15, 0.2) is 449 Å². The van der Waals surface area contributed by atoms with Crippen LogP contribution >= 0.6 is 55.5 Å². The fourth-order valence-corrected chi connectivity index (χ4v) is 43.8. The predicted octanol–water partition coefficient (Wildman–Crippen LogP) is 29.1. The number of benzene rings is 18. The zero-order valence-electron chi connectivity index (χ0n) is 86.7. The van der Waals surface area contributed by atoms with Crippen LogP contribution in [0.1, 0.15) is 113 Å². The molecule has 23 rings (SSSR count). The number of hydrogen-bond acceptors (Lipinski definition) is 4. The molecule has 18 aromatic carbocycles. The highest BCUT2D eigenvalue weighted by atomic mass is 31.1. The molecule has 0 spiro atoms. The Morgan fingerprint density at radius 2 is 0.653 bits per heavy atom. The summed E-state index contributed by atoms with van der Waals surface area (Å²) >= 11 is 0. The van der Waals surface area contributed by atoms with Gasteiger partial charge in [0.1, 0.15) is 11.5 Å². The van der Waals surface area contributed by atoms with Crippen molar-refractivity contribution >= 4 is 151 Å². The van der Waals surface area contributed by atoms with Crippen LogP contribution < -0.4 is 83.7 Å². The molecule has 11 heteroatoms. The molecule has 2 N–H and O–H groups in total. The number of aliphatic hydroxyl groups excluding tert-OH is 2. The summed E-state index contributed by atoms with van der Waals surface area (Å²) in [4.78, 5) is 0. The largest absolute Gasteiger partial charge is 0.493 e. The van der Waals surface area contributed by atoms with Gasteiger partial charge in [0.15, 0.2) is 0 Å². The summed E-state index contributed by atoms with van der Waals surface area (Å²) < 4.78 is 13.2. The predicted molar refractivity (Wildman–Crippen MR) is 646 cm³/mol. The van der Waals surface area contributed by atoms with Crippen molar-refractivity contribution in [1.29, 1.82) is 0 Å². The SMILES string of the molecule is CC(C)(C)P1Cc2ccc3ccccc3c2-c2c(ccc3ccccc23)C1.CC1(CP(c2ccccc2)c2ccccc2)C2CCC1(P(c1ccccc1)c1ccccc1)C(O)C2.Cc1ccc(P(CC2CCC(C)(CO)C2(C)CP(c2ccc(C)cc2)c2ccc(C)cc2)c2ccc(C)cc2)cc1.c1ccc(P(c2ccccc2)c2cccc3c2-c2c(cccc2P(c2ccccc2)c2ccccc2)OCCCO3)cc1. The van der Waals surface area contributed by atoms with Gasteiger partial charge in [-0.15, -0.1) is 0 Å². The Balaban J connectivity index is 0.000000120. The Labute approximate surface area is 883 Å². The third-order valence-corrected chi connectivity index (χ3v) is 52.4. The highest BCUT2D eigenvalue weighted by Crippen LogP contribution is 2.75. The lowest BCUT2D eigenvalue weighted by Gasteiger charge is -2.50. The number of aryl methyl sites for hydroxylation is 4. The number of fused-ring (bicyclic) bond motifs is 12. The maximum Gasteiger partial charge on any atom is 0.127 e. The molecule has 3 fully saturated rings. The molecule has 0 saturated heterocycles. The van der Waals surface area contributed by atoms with Gasteiger partial charge in [0.2, 0.25) is 0 Å². The van der Waals surface area contributed by atoms with Crippen LogP contribution in [0.4, 0.5) is 0 Å². The third-order valence-electron chi connectivity index (χ3n) is 32.4. The lowest BCUT2D eigenvalue weighted by atomic mass is 9.66. The van der Waals surface area contributed by atoms with E-state index in [1.54, 1.807) is 0 Å². The van der Waals surface area contributed by atoms with E-state index in [-0.39, 0.29) is 42.0 Å². The summed E-state index contributed by atoms with van der Waals surface area (Å²) in [6.45, 7) is 24.9. The van der Waals surface area contributed by atoms with Gasteiger partial charge < -0.3 is 19.7 Å². The lowest BCUT2D eigenvalue weighted by molar-refractivity contribution is 0.0338. The molecule has 2 aliphatic heterocycles. The Kier molecular flexibility index (Phi) is 32.4. The van der Waals surface area contributed by atoms with E-state index in [2.05, 4.69) is 518 Å². The van der Waals surface area contributed by atoms with Crippen LogP contribution in [0, 0.1) is 55.8 Å². The van der Waals surface area contributed by atoms with Crippen molar-refractivity contribution in [2.45, 2.75) is 137 Å². The maximum atomic E-state index is 12.0. The molecule has 0 amide bonds. The van der Waals surface area contributed by atoms with E-state index in [4.69, 9.17) is 9.47 Å². The molecule has 7 unspecified atom stereocenters. The van der Waals surface area contributed by atoms with Gasteiger partial charge in [0, 0.05) is 29.3 Å². The van der Waals surface area contributed by atoms with E-state index in [1.807, 2.05) is 0 Å². The second-order valence-electron chi connectivity index (χ2n) is 42.5. The van der Waals surface area contributed by atoms with E-state index in [0.717, 1.165) is 60.6 Å². The molecule has 5 aliphatic rings. The first-order valence-electron chi connectivity index (χ1n) is 52.6. The minimum atomic E-state index is -0.883. The first-order valence-corrected chi connectivity index (χ1v) is 63.0. The molecule has 7 atom stereocenters. The maximum absolute atomic E-state index is 12.0. The Morgan fingerprint density at radius 1 is 0.327 bits per heavy atom. The lowest BCUT2D eigenvalue weighted by Crippen LogP contribution is -2.51. The fraction of sp³-hybridized carbons (Fsp3) is 0.235. The van der Waals surface area contributed by atoms with Gasteiger partial charge in [-0.2, -0.15) is 0 Å². The summed E-state index contributed by atoms with van der Waals surface area (Å²) in [5.41, 5.74) is 13.5. The number of rotatable bonds is 22. The van der Waals surface area contributed by atoms with Crippen molar-refractivity contribution in [2.75, 3.05) is 38.3 Å². The number of hydrogen-bond donors (Lipinski definition) is 2. The summed E-state index contributed by atoms with van der Waals surface area (Å²) in [7, 11) is -4.24. The average molecular weight is 2050 g/mol. The smallest absolute Gasteiger partial charge is 0.127 e. The molecule has 18 aromatic rings. The van der Waals surface area contributed by atoms with Crippen molar-refractivity contribution in [3.8, 4) is 33.8 Å². The summed E-state index contributed by atoms with van der Waals surface area (Å²) in [6, 6.07) is 166. The minimum Gasteiger partial charge on any atom is -0.493 e. The van der Waals surface area contributed by atoms with Gasteiger partial charge in [-0.25, -0.2) is 0 Å². The Morgan fingerprint density at radius 3 is 1.01 bits per heavy atom. The van der Waals surface area contributed by atoms with E-state index in [1.165, 1.54) is 172 Å². The van der Waals surface area contributed by atoms with Crippen molar-refractivity contribution in [3.05, 3.63) is 482 Å². The fourth-order valence-electron chi connectivity index (χ4n) is 23.9. The second-order valence-corrected chi connectivity index (χ2v) is 59.1. The monoisotopic (exact) mass is 2050 g/mol. The summed E-state index contributed by atoms with van der Waals surface area (Å²) in [5.74, 6) is 2.94. The van der Waals surface area contributed by atoms with Gasteiger partial charge >= 0.3 is 0 Å². The topological polar surface area (TPSA) is 58.9 Å². The van der Waals surface area contributed by atoms with Crippen LogP contribution in [0.3, 0.4) is 0 Å². The first kappa shape index (κ1) is 103. The molecule has 4 nitrogen and oxygen atoms in total. The summed E-state index contributed by atoms with van der Waals surface area (Å²) in [6.07, 6.45) is 11.9. The van der Waals surface area contributed by atoms with Gasteiger partial charge in [0.25, 0.3) is 0 Å². The normalized spacial score (nSPS) is 19.3. The quantitative estimate of drug-likeness (QED) is 0.0664.